The van der Waals surface area contributed by atoms with E-state index in [1.807, 2.05) is 0 Å². The number of carbonyl (C=O) groups excluding carboxylic acids is 3. The third-order valence-corrected chi connectivity index (χ3v) is 8.68. The number of fused-ring (bicyclic) bond motifs is 1. The number of amides is 2. The van der Waals surface area contributed by atoms with Crippen molar-refractivity contribution in [3.05, 3.63) is 80.4 Å². The number of hydrogen-bond donors (Lipinski definition) is 0. The molecule has 0 unspecified atom stereocenters. The number of imide groups is 1. The molecule has 170 valence electrons. The monoisotopic (exact) mass is 525 g/mol. The van der Waals surface area contributed by atoms with Crippen LogP contribution in [0, 0.1) is 5.82 Å². The molecule has 0 bridgehead atoms. The number of nitrogens with zero attached hydrogens (tertiary/aromatic N) is 1. The summed E-state index contributed by atoms with van der Waals surface area (Å²) in [6.45, 7) is 0. The van der Waals surface area contributed by atoms with Gasteiger partial charge in [-0.05, 0) is 53.6 Å². The van der Waals surface area contributed by atoms with Gasteiger partial charge in [0.05, 0.1) is 16.4 Å². The number of halogens is 3. The topological polar surface area (TPSA) is 88.6 Å². The zero-order valence-electron chi connectivity index (χ0n) is 16.7. The quantitative estimate of drug-likeness (QED) is 0.441. The molecule has 0 saturated heterocycles. The average Bonchev–Trinajstić information content (AvgIpc) is 3.16. The highest BCUT2D eigenvalue weighted by Gasteiger charge is 2.34. The minimum absolute atomic E-state index is 0.0222. The number of benzene rings is 2. The second-order valence-electron chi connectivity index (χ2n) is 7.33. The number of thiophene rings is 1. The van der Waals surface area contributed by atoms with Crippen LogP contribution in [0.4, 0.5) is 10.1 Å². The van der Waals surface area contributed by atoms with Crippen LogP contribution in [0.3, 0.4) is 0 Å². The van der Waals surface area contributed by atoms with Gasteiger partial charge in [0.2, 0.25) is 5.91 Å². The number of Topliss-reactive ketones (excluding diaryl/α,β-unsaturated/α-hetero) is 1. The molecule has 11 heteroatoms. The maximum Gasteiger partial charge on any atom is 0.265 e. The van der Waals surface area contributed by atoms with Gasteiger partial charge in [0.1, 0.15) is 15.8 Å². The van der Waals surface area contributed by atoms with Crippen LogP contribution in [0.1, 0.15) is 21.5 Å². The summed E-state index contributed by atoms with van der Waals surface area (Å²) in [6.07, 6.45) is -0.454. The van der Waals surface area contributed by atoms with Crippen LogP contribution in [0.5, 0.6) is 0 Å². The predicted octanol–water partition coefficient (Wildman–Crippen LogP) is 4.51. The molecule has 1 aliphatic heterocycles. The lowest BCUT2D eigenvalue weighted by atomic mass is 9.97. The summed E-state index contributed by atoms with van der Waals surface area (Å²) in [5, 5.41) is 0.382. The van der Waals surface area contributed by atoms with Crippen LogP contribution in [0.2, 0.25) is 9.36 Å². The van der Waals surface area contributed by atoms with Crippen molar-refractivity contribution >= 4 is 67.7 Å². The first kappa shape index (κ1) is 23.6. The second-order valence-corrected chi connectivity index (χ2v) is 11.7. The van der Waals surface area contributed by atoms with E-state index in [9.17, 15) is 27.2 Å². The van der Waals surface area contributed by atoms with Gasteiger partial charge in [-0.15, -0.1) is 11.3 Å². The van der Waals surface area contributed by atoms with Crippen molar-refractivity contribution in [2.75, 3.05) is 10.7 Å². The average molecular weight is 526 g/mol. The first-order valence-corrected chi connectivity index (χ1v) is 12.7. The summed E-state index contributed by atoms with van der Waals surface area (Å²) in [4.78, 5) is 38.4. The molecule has 0 radical (unpaired) electrons. The van der Waals surface area contributed by atoms with E-state index >= 15 is 0 Å². The normalized spacial score (nSPS) is 13.8. The van der Waals surface area contributed by atoms with Crippen LogP contribution in [0.25, 0.3) is 0 Å². The Morgan fingerprint density at radius 1 is 1.06 bits per heavy atom. The second kappa shape index (κ2) is 8.98. The van der Waals surface area contributed by atoms with Crippen molar-refractivity contribution in [3.63, 3.8) is 0 Å². The summed E-state index contributed by atoms with van der Waals surface area (Å²) in [7, 11) is -3.86. The molecule has 0 aliphatic carbocycles. The first-order valence-electron chi connectivity index (χ1n) is 9.49. The number of hydrogen-bond acceptors (Lipinski definition) is 6. The van der Waals surface area contributed by atoms with Gasteiger partial charge in [-0.25, -0.2) is 17.7 Å². The number of carbonyl (C=O) groups is 3. The Balaban J connectivity index is 1.52. The summed E-state index contributed by atoms with van der Waals surface area (Å²) >= 11 is 12.5. The van der Waals surface area contributed by atoms with E-state index in [1.54, 1.807) is 0 Å². The maximum absolute atomic E-state index is 14.9. The highest BCUT2D eigenvalue weighted by atomic mass is 35.5. The van der Waals surface area contributed by atoms with E-state index in [0.717, 1.165) is 22.3 Å². The predicted molar refractivity (Wildman–Crippen MR) is 123 cm³/mol. The molecule has 0 saturated carbocycles. The van der Waals surface area contributed by atoms with Gasteiger partial charge in [-0.1, -0.05) is 29.3 Å². The highest BCUT2D eigenvalue weighted by Crippen LogP contribution is 2.30. The zero-order chi connectivity index (χ0) is 23.9. The van der Waals surface area contributed by atoms with E-state index in [-0.39, 0.29) is 38.2 Å². The van der Waals surface area contributed by atoms with Crippen molar-refractivity contribution in [1.29, 1.82) is 0 Å². The Hall–Kier alpha value is -2.59. The maximum atomic E-state index is 14.9. The largest absolute Gasteiger partial charge is 0.298 e. The van der Waals surface area contributed by atoms with Gasteiger partial charge in [0.25, 0.3) is 5.91 Å². The molecule has 0 atom stereocenters. The van der Waals surface area contributed by atoms with Crippen molar-refractivity contribution < 1.29 is 27.2 Å². The summed E-state index contributed by atoms with van der Waals surface area (Å²) in [5.74, 6) is -3.57. The molecular formula is C22H14Cl2FNO5S2. The van der Waals surface area contributed by atoms with E-state index < -0.39 is 39.0 Å². The Bertz CT molecular complexity index is 1420. The fraction of sp³-hybridized carbons (Fsp3) is 0.136. The van der Waals surface area contributed by atoms with Crippen LogP contribution < -0.4 is 4.90 Å². The smallest absolute Gasteiger partial charge is 0.265 e. The van der Waals surface area contributed by atoms with Crippen molar-refractivity contribution in [2.45, 2.75) is 17.1 Å². The summed E-state index contributed by atoms with van der Waals surface area (Å²) in [5.41, 5.74) is 0.675. The first-order chi connectivity index (χ1) is 15.5. The van der Waals surface area contributed by atoms with Crippen LogP contribution >= 0.6 is 34.5 Å². The van der Waals surface area contributed by atoms with E-state index in [0.29, 0.717) is 10.6 Å². The number of sulfone groups is 1. The molecule has 2 heterocycles. The van der Waals surface area contributed by atoms with Crippen LogP contribution in [0.15, 0.2) is 52.7 Å². The molecule has 0 spiro atoms. The Morgan fingerprint density at radius 2 is 1.82 bits per heavy atom. The lowest BCUT2D eigenvalue weighted by Crippen LogP contribution is -2.43. The molecular weight excluding hydrogens is 512 g/mol. The molecule has 3 aromatic rings. The third kappa shape index (κ3) is 4.86. The SMILES string of the molecule is O=C(Cc1ccc(N2C(=O)Cc3cc(Cl)ccc3C2=O)c(F)c1)CS(=O)(=O)c1ccc(Cl)s1. The molecule has 6 nitrogen and oxygen atoms in total. The highest BCUT2D eigenvalue weighted by molar-refractivity contribution is 7.94. The molecule has 33 heavy (non-hydrogen) atoms. The van der Waals surface area contributed by atoms with Gasteiger partial charge in [0.15, 0.2) is 15.6 Å². The molecule has 1 aromatic heterocycles. The zero-order valence-corrected chi connectivity index (χ0v) is 19.8. The van der Waals surface area contributed by atoms with Gasteiger partial charge in [0, 0.05) is 17.0 Å². The van der Waals surface area contributed by atoms with Gasteiger partial charge in [-0.2, -0.15) is 0 Å². The van der Waals surface area contributed by atoms with E-state index in [1.165, 1.54) is 42.5 Å². The Kier molecular flexibility index (Phi) is 6.41. The third-order valence-electron chi connectivity index (χ3n) is 4.95. The van der Waals surface area contributed by atoms with E-state index in [4.69, 9.17) is 23.2 Å². The molecule has 1 aliphatic rings. The fourth-order valence-electron chi connectivity index (χ4n) is 3.50. The Morgan fingerprint density at radius 3 is 2.48 bits per heavy atom. The molecule has 0 fully saturated rings. The van der Waals surface area contributed by atoms with Gasteiger partial charge < -0.3 is 0 Å². The fourth-order valence-corrected chi connectivity index (χ4v) is 6.51. The van der Waals surface area contributed by atoms with Crippen molar-refractivity contribution in [2.24, 2.45) is 0 Å². The molecule has 2 aromatic carbocycles. The van der Waals surface area contributed by atoms with Crippen LogP contribution in [-0.2, 0) is 32.3 Å². The number of anilines is 1. The molecule has 0 N–H and O–H groups in total. The summed E-state index contributed by atoms with van der Waals surface area (Å²) < 4.78 is 39.8. The van der Waals surface area contributed by atoms with E-state index in [2.05, 4.69) is 0 Å². The number of rotatable bonds is 6. The van der Waals surface area contributed by atoms with Crippen molar-refractivity contribution in [3.8, 4) is 0 Å². The standard InChI is InChI=1S/C22H14Cl2FNO5S2/c23-14-2-3-16-13(9-14)10-20(28)26(22(16)29)18-4-1-12(8-17(18)25)7-15(27)11-33(30,31)21-6-5-19(24)32-21/h1-6,8-9H,7,10-11H2. The van der Waals surface area contributed by atoms with Crippen molar-refractivity contribution in [1.82, 2.24) is 0 Å². The minimum Gasteiger partial charge on any atom is -0.298 e. The lowest BCUT2D eigenvalue weighted by Gasteiger charge is -2.27. The Labute approximate surface area is 202 Å². The minimum atomic E-state index is -3.86. The number of ketones is 1. The van der Waals surface area contributed by atoms with Crippen LogP contribution in [-0.4, -0.2) is 31.8 Å². The molecule has 2 amide bonds. The molecule has 4 rings (SSSR count). The lowest BCUT2D eigenvalue weighted by molar-refractivity contribution is -0.118. The van der Waals surface area contributed by atoms with Gasteiger partial charge >= 0.3 is 0 Å². The summed E-state index contributed by atoms with van der Waals surface area (Å²) in [6, 6.07) is 10.9. The van der Waals surface area contributed by atoms with Gasteiger partial charge in [-0.3, -0.25) is 14.4 Å².